The molecule has 142 valence electrons. The van der Waals surface area contributed by atoms with Gasteiger partial charge in [0.25, 0.3) is 5.56 Å². The fourth-order valence-corrected chi connectivity index (χ4v) is 2.82. The number of hydrogen-bond donors (Lipinski definition) is 4. The number of methoxy groups -OCH3 is 1. The van der Waals surface area contributed by atoms with Gasteiger partial charge in [-0.25, -0.2) is 4.98 Å². The van der Waals surface area contributed by atoms with Gasteiger partial charge in [-0.15, -0.1) is 0 Å². The van der Waals surface area contributed by atoms with Crippen molar-refractivity contribution in [3.8, 4) is 0 Å². The van der Waals surface area contributed by atoms with Crippen molar-refractivity contribution in [2.45, 2.75) is 38.4 Å². The number of fused-ring (bicyclic) bond motifs is 1. The Morgan fingerprint density at radius 3 is 2.92 bits per heavy atom. The summed E-state index contributed by atoms with van der Waals surface area (Å²) in [5.74, 6) is -0.563. The minimum absolute atomic E-state index is 0.00540. The Morgan fingerprint density at radius 2 is 2.31 bits per heavy atom. The molecule has 1 fully saturated rings. The molecule has 0 saturated carbocycles. The molecule has 1 amide bonds. The third kappa shape index (κ3) is 3.09. The second-order valence-corrected chi connectivity index (χ2v) is 6.37. The molecule has 3 heterocycles. The molecular weight excluding hydrogens is 344 g/mol. The molecule has 11 heteroatoms. The van der Waals surface area contributed by atoms with Crippen molar-refractivity contribution in [3.63, 3.8) is 0 Å². The van der Waals surface area contributed by atoms with Gasteiger partial charge in [-0.1, -0.05) is 13.8 Å². The summed E-state index contributed by atoms with van der Waals surface area (Å²) in [5.41, 5.74) is 5.39. The van der Waals surface area contributed by atoms with Crippen molar-refractivity contribution in [1.82, 2.24) is 19.5 Å². The van der Waals surface area contributed by atoms with E-state index >= 15 is 0 Å². The fourth-order valence-electron chi connectivity index (χ4n) is 2.82. The van der Waals surface area contributed by atoms with E-state index in [0.717, 1.165) is 0 Å². The summed E-state index contributed by atoms with van der Waals surface area (Å²) in [6.07, 6.45) is -1.66. The smallest absolute Gasteiger partial charge is 0.280 e. The number of aliphatic hydroxyl groups is 1. The Morgan fingerprint density at radius 1 is 1.58 bits per heavy atom. The van der Waals surface area contributed by atoms with Gasteiger partial charge in [-0.2, -0.15) is 4.98 Å². The summed E-state index contributed by atoms with van der Waals surface area (Å²) >= 11 is 0. The molecule has 0 aliphatic carbocycles. The second-order valence-electron chi connectivity index (χ2n) is 6.37. The van der Waals surface area contributed by atoms with Gasteiger partial charge in [0, 0.05) is 19.6 Å². The quantitative estimate of drug-likeness (QED) is 0.522. The number of carbonyl (C=O) groups excluding carboxylic acids is 1. The summed E-state index contributed by atoms with van der Waals surface area (Å²) in [5, 5.41) is 12.8. The maximum atomic E-state index is 12.3. The average Bonchev–Trinajstić information content (AvgIpc) is 3.15. The van der Waals surface area contributed by atoms with Crippen molar-refractivity contribution < 1.29 is 19.4 Å². The predicted molar refractivity (Wildman–Crippen MR) is 91.4 cm³/mol. The zero-order chi connectivity index (χ0) is 19.0. The van der Waals surface area contributed by atoms with Crippen LogP contribution in [0.25, 0.3) is 11.2 Å². The second kappa shape index (κ2) is 7.11. The van der Waals surface area contributed by atoms with Gasteiger partial charge < -0.3 is 20.3 Å². The Balaban J connectivity index is 2.03. The number of aliphatic hydroxyl groups excluding tert-OH is 1. The fraction of sp³-hybridized carbons (Fsp3) is 0.600. The molecule has 2 aromatic heterocycles. The number of nitrogens with one attached hydrogen (secondary N) is 2. The van der Waals surface area contributed by atoms with Crippen LogP contribution in [-0.2, 0) is 14.3 Å². The van der Waals surface area contributed by atoms with Crippen LogP contribution in [0.4, 0.5) is 5.95 Å². The largest absolute Gasteiger partial charge is 0.387 e. The van der Waals surface area contributed by atoms with Crippen LogP contribution in [0, 0.1) is 5.92 Å². The molecule has 5 N–H and O–H groups in total. The molecule has 0 aromatic carbocycles. The van der Waals surface area contributed by atoms with Crippen LogP contribution >= 0.6 is 0 Å². The van der Waals surface area contributed by atoms with Crippen molar-refractivity contribution in [3.05, 3.63) is 16.7 Å². The van der Waals surface area contributed by atoms with Crippen LogP contribution in [0.3, 0.4) is 0 Å². The number of rotatable bonds is 5. The van der Waals surface area contributed by atoms with Crippen LogP contribution in [0.1, 0.15) is 20.1 Å². The van der Waals surface area contributed by atoms with Crippen LogP contribution in [-0.4, -0.2) is 62.5 Å². The molecule has 2 unspecified atom stereocenters. The normalized spacial score (nSPS) is 25.9. The Labute approximate surface area is 148 Å². The van der Waals surface area contributed by atoms with Gasteiger partial charge >= 0.3 is 0 Å². The molecule has 26 heavy (non-hydrogen) atoms. The third-order valence-electron chi connectivity index (χ3n) is 4.29. The highest BCUT2D eigenvalue weighted by Crippen LogP contribution is 2.32. The van der Waals surface area contributed by atoms with E-state index < -0.39 is 30.1 Å². The monoisotopic (exact) mass is 366 g/mol. The number of carbonyl (C=O) groups is 1. The summed E-state index contributed by atoms with van der Waals surface area (Å²) < 4.78 is 12.6. The Kier molecular flexibility index (Phi) is 5.05. The van der Waals surface area contributed by atoms with Crippen LogP contribution in [0.2, 0.25) is 0 Å². The Bertz CT molecular complexity index is 862. The zero-order valence-electron chi connectivity index (χ0n) is 14.7. The molecule has 1 aliphatic rings. The number of nitrogens with two attached hydrogens (primary N) is 1. The van der Waals surface area contributed by atoms with Crippen molar-refractivity contribution in [1.29, 1.82) is 0 Å². The van der Waals surface area contributed by atoms with E-state index in [9.17, 15) is 14.7 Å². The van der Waals surface area contributed by atoms with E-state index in [4.69, 9.17) is 15.2 Å². The Hall–Kier alpha value is -2.34. The summed E-state index contributed by atoms with van der Waals surface area (Å²) in [6.45, 7) is 3.55. The average molecular weight is 366 g/mol. The lowest BCUT2D eigenvalue weighted by atomic mass is 10.1. The third-order valence-corrected chi connectivity index (χ3v) is 4.29. The van der Waals surface area contributed by atoms with Gasteiger partial charge in [-0.3, -0.25) is 24.5 Å². The molecule has 1 aliphatic heterocycles. The number of aromatic amines is 1. The number of nitrogens with zero attached hydrogens (tertiary/aromatic N) is 3. The highest BCUT2D eigenvalue weighted by Gasteiger charge is 2.45. The van der Waals surface area contributed by atoms with Gasteiger partial charge in [-0.05, 0) is 0 Å². The van der Waals surface area contributed by atoms with Crippen molar-refractivity contribution in [2.24, 2.45) is 11.7 Å². The van der Waals surface area contributed by atoms with Crippen LogP contribution < -0.4 is 16.6 Å². The number of ether oxygens (including phenoxy) is 2. The molecule has 4 atom stereocenters. The molecule has 2 aromatic rings. The van der Waals surface area contributed by atoms with Crippen molar-refractivity contribution >= 4 is 23.0 Å². The van der Waals surface area contributed by atoms with Gasteiger partial charge in [0.2, 0.25) is 11.9 Å². The maximum Gasteiger partial charge on any atom is 0.280 e. The highest BCUT2D eigenvalue weighted by molar-refractivity contribution is 5.91. The number of amides is 1. The van der Waals surface area contributed by atoms with E-state index in [-0.39, 0.29) is 35.5 Å². The van der Waals surface area contributed by atoms with Crippen molar-refractivity contribution in [2.75, 3.05) is 19.0 Å². The molecule has 3 rings (SSSR count). The molecule has 1 saturated heterocycles. The van der Waals surface area contributed by atoms with Gasteiger partial charge in [0.1, 0.15) is 18.3 Å². The first kappa shape index (κ1) is 18.5. The lowest BCUT2D eigenvalue weighted by molar-refractivity contribution is -0.118. The topological polar surface area (TPSA) is 157 Å². The minimum atomic E-state index is -0.936. The standard InChI is InChI=1S/C15H22N6O5/c1-6(2)12(23)19-15-18-11-8(13(24)20-15)17-5-21(11)14-10(25-3)9(22)7(4-16)26-14/h5-7,9-10,14,22H,4,16H2,1-3H3,(H2,18,19,20,23,24)/t7-,9?,10?,14-/m1/s1. The summed E-state index contributed by atoms with van der Waals surface area (Å²) in [7, 11) is 1.44. The van der Waals surface area contributed by atoms with E-state index in [1.807, 2.05) is 0 Å². The number of hydrogen-bond acceptors (Lipinski definition) is 8. The molecular formula is C15H22N6O5. The molecule has 11 nitrogen and oxygen atoms in total. The lowest BCUT2D eigenvalue weighted by Gasteiger charge is -2.20. The summed E-state index contributed by atoms with van der Waals surface area (Å²) in [6, 6.07) is 0. The first-order valence-corrected chi connectivity index (χ1v) is 8.21. The van der Waals surface area contributed by atoms with E-state index in [2.05, 4.69) is 20.3 Å². The SMILES string of the molecule is COC1C(O)[C@@H](CN)O[C@H]1n1cnc2c(=O)[nH]c(NC(=O)C(C)C)nc21. The molecule has 0 radical (unpaired) electrons. The maximum absolute atomic E-state index is 12.3. The zero-order valence-corrected chi connectivity index (χ0v) is 14.7. The van der Waals surface area contributed by atoms with E-state index in [1.165, 1.54) is 18.0 Å². The van der Waals surface area contributed by atoms with Crippen LogP contribution in [0.15, 0.2) is 11.1 Å². The first-order chi connectivity index (χ1) is 12.4. The van der Waals surface area contributed by atoms with E-state index in [0.29, 0.717) is 0 Å². The minimum Gasteiger partial charge on any atom is -0.387 e. The number of aromatic nitrogens is 4. The predicted octanol–water partition coefficient (Wildman–Crippen LogP) is -1.05. The lowest BCUT2D eigenvalue weighted by Crippen LogP contribution is -2.36. The number of anilines is 1. The van der Waals surface area contributed by atoms with Gasteiger partial charge in [0.05, 0.1) is 6.33 Å². The summed E-state index contributed by atoms with van der Waals surface area (Å²) in [4.78, 5) is 34.9. The first-order valence-electron chi connectivity index (χ1n) is 8.21. The number of H-pyrrole nitrogens is 1. The van der Waals surface area contributed by atoms with E-state index in [1.54, 1.807) is 13.8 Å². The molecule has 0 bridgehead atoms. The number of imidazole rings is 1. The van der Waals surface area contributed by atoms with Gasteiger partial charge in [0.15, 0.2) is 17.4 Å². The molecule has 0 spiro atoms. The highest BCUT2D eigenvalue weighted by atomic mass is 16.6. The van der Waals surface area contributed by atoms with Crippen LogP contribution in [0.5, 0.6) is 0 Å².